The molecule has 2 aliphatic heterocycles. The van der Waals surface area contributed by atoms with E-state index in [0.717, 1.165) is 11.1 Å². The van der Waals surface area contributed by atoms with Crippen molar-refractivity contribution in [3.63, 3.8) is 0 Å². The molecule has 1 unspecified atom stereocenters. The van der Waals surface area contributed by atoms with Crippen LogP contribution in [0.25, 0.3) is 0 Å². The van der Waals surface area contributed by atoms with Crippen molar-refractivity contribution in [3.8, 4) is 0 Å². The second-order valence-corrected chi connectivity index (χ2v) is 9.72. The quantitative estimate of drug-likeness (QED) is 0.785. The molecule has 0 saturated carbocycles. The SMILES string of the molecule is Cc1cccc(S(=O)(=O)N2CCCC3(CC(C(=O)NCc4ccncc4)=NO3)C2)c1. The first kappa shape index (κ1) is 20.5. The Morgan fingerprint density at radius 3 is 2.83 bits per heavy atom. The van der Waals surface area contributed by atoms with Crippen LogP contribution in [-0.2, 0) is 26.2 Å². The van der Waals surface area contributed by atoms with Crippen molar-refractivity contribution in [3.05, 3.63) is 59.9 Å². The molecule has 1 atom stereocenters. The highest BCUT2D eigenvalue weighted by molar-refractivity contribution is 7.89. The number of nitrogens with one attached hydrogen (secondary N) is 1. The zero-order valence-electron chi connectivity index (χ0n) is 16.7. The Balaban J connectivity index is 1.42. The van der Waals surface area contributed by atoms with Crippen LogP contribution in [-0.4, -0.2) is 48.0 Å². The highest BCUT2D eigenvalue weighted by Gasteiger charge is 2.47. The van der Waals surface area contributed by atoms with Gasteiger partial charge in [0, 0.05) is 31.9 Å². The predicted molar refractivity (Wildman–Crippen MR) is 111 cm³/mol. The zero-order chi connectivity index (χ0) is 21.2. The molecule has 30 heavy (non-hydrogen) atoms. The average molecular weight is 429 g/mol. The standard InChI is InChI=1S/C21H24N4O4S/c1-16-4-2-5-18(12-16)30(27,28)25-11-3-8-21(15-25)13-19(24-29-21)20(26)23-14-17-6-9-22-10-7-17/h2,4-7,9-10,12H,3,8,11,13-15H2,1H3,(H,23,26). The summed E-state index contributed by atoms with van der Waals surface area (Å²) in [4.78, 5) is 22.4. The van der Waals surface area contributed by atoms with Crippen LogP contribution in [0.15, 0.2) is 58.8 Å². The van der Waals surface area contributed by atoms with Crippen LogP contribution in [0, 0.1) is 6.92 Å². The van der Waals surface area contributed by atoms with Gasteiger partial charge in [-0.3, -0.25) is 9.78 Å². The number of sulfonamides is 1. The number of nitrogens with zero attached hydrogens (tertiary/aromatic N) is 3. The topological polar surface area (TPSA) is 101 Å². The number of rotatable bonds is 5. The van der Waals surface area contributed by atoms with E-state index in [1.54, 1.807) is 30.6 Å². The van der Waals surface area contributed by atoms with E-state index in [-0.39, 0.29) is 23.8 Å². The Morgan fingerprint density at radius 1 is 1.27 bits per heavy atom. The van der Waals surface area contributed by atoms with Gasteiger partial charge in [-0.25, -0.2) is 8.42 Å². The molecule has 2 aromatic rings. The highest BCUT2D eigenvalue weighted by atomic mass is 32.2. The molecule has 1 fully saturated rings. The lowest BCUT2D eigenvalue weighted by atomic mass is 9.89. The summed E-state index contributed by atoms with van der Waals surface area (Å²) in [5.74, 6) is -0.303. The number of amides is 1. The maximum Gasteiger partial charge on any atom is 0.269 e. The molecule has 1 spiro atoms. The molecule has 1 N–H and O–H groups in total. The fraction of sp³-hybridized carbons (Fsp3) is 0.381. The highest BCUT2D eigenvalue weighted by Crippen LogP contribution is 2.35. The van der Waals surface area contributed by atoms with Crippen LogP contribution in [0.3, 0.4) is 0 Å². The minimum atomic E-state index is -3.64. The molecule has 1 amide bonds. The minimum absolute atomic E-state index is 0.175. The number of aromatic nitrogens is 1. The molecule has 1 saturated heterocycles. The van der Waals surface area contributed by atoms with E-state index in [4.69, 9.17) is 4.84 Å². The number of oxime groups is 1. The monoisotopic (exact) mass is 428 g/mol. The molecular weight excluding hydrogens is 404 g/mol. The van der Waals surface area contributed by atoms with Crippen LogP contribution in [0.4, 0.5) is 0 Å². The fourth-order valence-corrected chi connectivity index (χ4v) is 5.49. The van der Waals surface area contributed by atoms with E-state index in [2.05, 4.69) is 15.5 Å². The van der Waals surface area contributed by atoms with Crippen LogP contribution in [0.1, 0.15) is 30.4 Å². The zero-order valence-corrected chi connectivity index (χ0v) is 17.6. The van der Waals surface area contributed by atoms with Crippen LogP contribution >= 0.6 is 0 Å². The van der Waals surface area contributed by atoms with Gasteiger partial charge in [-0.05, 0) is 55.2 Å². The summed E-state index contributed by atoms with van der Waals surface area (Å²) >= 11 is 0. The first-order valence-corrected chi connectivity index (χ1v) is 11.3. The van der Waals surface area contributed by atoms with Gasteiger partial charge < -0.3 is 10.2 Å². The van der Waals surface area contributed by atoms with Crippen molar-refractivity contribution >= 4 is 21.6 Å². The molecule has 4 rings (SSSR count). The Kier molecular flexibility index (Phi) is 5.57. The second-order valence-electron chi connectivity index (χ2n) is 7.79. The van der Waals surface area contributed by atoms with E-state index >= 15 is 0 Å². The van der Waals surface area contributed by atoms with Crippen molar-refractivity contribution in [2.75, 3.05) is 13.1 Å². The maximum atomic E-state index is 13.1. The summed E-state index contributed by atoms with van der Waals surface area (Å²) in [5.41, 5.74) is 1.31. The summed E-state index contributed by atoms with van der Waals surface area (Å²) in [6.45, 7) is 2.82. The van der Waals surface area contributed by atoms with Crippen LogP contribution in [0.2, 0.25) is 0 Å². The molecule has 3 heterocycles. The first-order chi connectivity index (χ1) is 14.4. The van der Waals surface area contributed by atoms with Crippen LogP contribution < -0.4 is 5.32 Å². The molecule has 1 aromatic carbocycles. The van der Waals surface area contributed by atoms with Crippen molar-refractivity contribution in [2.24, 2.45) is 5.16 Å². The Bertz CT molecular complexity index is 1070. The molecule has 2 aliphatic rings. The lowest BCUT2D eigenvalue weighted by Gasteiger charge is -2.37. The van der Waals surface area contributed by atoms with Crippen molar-refractivity contribution in [1.29, 1.82) is 0 Å². The predicted octanol–water partition coefficient (Wildman–Crippen LogP) is 2.01. The minimum Gasteiger partial charge on any atom is -0.387 e. The molecular formula is C21H24N4O4S. The van der Waals surface area contributed by atoms with E-state index in [0.29, 0.717) is 31.6 Å². The van der Waals surface area contributed by atoms with Gasteiger partial charge in [0.15, 0.2) is 5.60 Å². The maximum absolute atomic E-state index is 13.1. The van der Waals surface area contributed by atoms with Crippen LogP contribution in [0.5, 0.6) is 0 Å². The summed E-state index contributed by atoms with van der Waals surface area (Å²) in [6.07, 6.45) is 4.91. The Morgan fingerprint density at radius 2 is 2.07 bits per heavy atom. The number of benzene rings is 1. The van der Waals surface area contributed by atoms with Crippen molar-refractivity contribution in [2.45, 2.75) is 43.2 Å². The summed E-state index contributed by atoms with van der Waals surface area (Å²) in [6, 6.07) is 10.5. The van der Waals surface area contributed by atoms with Gasteiger partial charge in [-0.2, -0.15) is 4.31 Å². The third-order valence-electron chi connectivity index (χ3n) is 5.44. The number of carbonyl (C=O) groups excluding carboxylic acids is 1. The molecule has 0 radical (unpaired) electrons. The number of piperidine rings is 1. The van der Waals surface area contributed by atoms with Gasteiger partial charge >= 0.3 is 0 Å². The third-order valence-corrected chi connectivity index (χ3v) is 7.28. The smallest absolute Gasteiger partial charge is 0.269 e. The lowest BCUT2D eigenvalue weighted by Crippen LogP contribution is -2.50. The second kappa shape index (κ2) is 8.16. The van der Waals surface area contributed by atoms with E-state index < -0.39 is 15.6 Å². The molecule has 1 aromatic heterocycles. The van der Waals surface area contributed by atoms with E-state index in [9.17, 15) is 13.2 Å². The van der Waals surface area contributed by atoms with Gasteiger partial charge in [0.1, 0.15) is 5.71 Å². The van der Waals surface area contributed by atoms with Gasteiger partial charge in [0.05, 0.1) is 11.4 Å². The third kappa shape index (κ3) is 4.22. The summed E-state index contributed by atoms with van der Waals surface area (Å²) in [7, 11) is -3.64. The van der Waals surface area contributed by atoms with Gasteiger partial charge in [-0.1, -0.05) is 17.3 Å². The summed E-state index contributed by atoms with van der Waals surface area (Å²) < 4.78 is 27.6. The first-order valence-electron chi connectivity index (χ1n) is 9.87. The Labute approximate surface area is 176 Å². The van der Waals surface area contributed by atoms with Crippen molar-refractivity contribution in [1.82, 2.24) is 14.6 Å². The number of carbonyl (C=O) groups is 1. The fourth-order valence-electron chi connectivity index (χ4n) is 3.83. The lowest BCUT2D eigenvalue weighted by molar-refractivity contribution is -0.115. The molecule has 9 heteroatoms. The van der Waals surface area contributed by atoms with Gasteiger partial charge in [0.25, 0.3) is 5.91 Å². The number of aryl methyl sites for hydroxylation is 1. The molecule has 8 nitrogen and oxygen atoms in total. The number of pyridine rings is 1. The van der Waals surface area contributed by atoms with E-state index in [1.807, 2.05) is 25.1 Å². The number of hydrogen-bond donors (Lipinski definition) is 1. The largest absolute Gasteiger partial charge is 0.387 e. The average Bonchev–Trinajstić information content (AvgIpc) is 3.16. The van der Waals surface area contributed by atoms with Gasteiger partial charge in [-0.15, -0.1) is 0 Å². The van der Waals surface area contributed by atoms with Crippen molar-refractivity contribution < 1.29 is 18.0 Å². The molecule has 0 bridgehead atoms. The van der Waals surface area contributed by atoms with E-state index in [1.165, 1.54) is 4.31 Å². The van der Waals surface area contributed by atoms with Gasteiger partial charge in [0.2, 0.25) is 10.0 Å². The summed E-state index contributed by atoms with van der Waals surface area (Å²) in [5, 5.41) is 6.83. The normalized spacial score (nSPS) is 21.8. The Hall–Kier alpha value is -2.78. The molecule has 0 aliphatic carbocycles. The number of hydrogen-bond acceptors (Lipinski definition) is 6. The molecule has 158 valence electrons.